The minimum absolute atomic E-state index is 0.0333. The van der Waals surface area contributed by atoms with Gasteiger partial charge in [-0.2, -0.15) is 0 Å². The van der Waals surface area contributed by atoms with Crippen molar-refractivity contribution >= 4 is 57.7 Å². The summed E-state index contributed by atoms with van der Waals surface area (Å²) >= 11 is 13.9. The van der Waals surface area contributed by atoms with E-state index in [9.17, 15) is 4.79 Å². The van der Waals surface area contributed by atoms with Crippen molar-refractivity contribution in [2.45, 2.75) is 31.3 Å². The highest BCUT2D eigenvalue weighted by Gasteiger charge is 2.21. The summed E-state index contributed by atoms with van der Waals surface area (Å²) in [6.07, 6.45) is 7.47. The van der Waals surface area contributed by atoms with Crippen LogP contribution in [-0.4, -0.2) is 37.2 Å². The van der Waals surface area contributed by atoms with Crippen molar-refractivity contribution in [2.24, 2.45) is 7.05 Å². The third-order valence-corrected chi connectivity index (χ3v) is 7.22. The Bertz CT molecular complexity index is 1640. The number of aryl methyl sites for hydroxylation is 1. The van der Waals surface area contributed by atoms with Crippen LogP contribution in [0.25, 0.3) is 28.1 Å². The summed E-state index contributed by atoms with van der Waals surface area (Å²) < 4.78 is 11.5. The van der Waals surface area contributed by atoms with Gasteiger partial charge >= 0.3 is 5.97 Å². The van der Waals surface area contributed by atoms with E-state index < -0.39 is 5.60 Å². The predicted molar refractivity (Wildman–Crippen MR) is 159 cm³/mol. The standard InChI is InChI=1S/C29H27Cl2N5O2S/c1-29(2,3)38-27(37)18-36(39-24-16-21(30)15-22(31)17-24)23-5-6-25-19(13-23)8-11-35(25)26-14-20(7-9-32-26)28-33-10-12-34(28)4/h5-17H,18H2,1-4H3. The summed E-state index contributed by atoms with van der Waals surface area (Å²) in [5.74, 6) is 1.32. The zero-order valence-corrected chi connectivity index (χ0v) is 24.3. The van der Waals surface area contributed by atoms with Crippen molar-refractivity contribution in [3.63, 3.8) is 0 Å². The number of benzene rings is 2. The first-order valence-electron chi connectivity index (χ1n) is 12.2. The number of imidazole rings is 1. The second kappa shape index (κ2) is 11.0. The number of carbonyl (C=O) groups is 1. The van der Waals surface area contributed by atoms with Crippen molar-refractivity contribution in [2.75, 3.05) is 10.8 Å². The summed E-state index contributed by atoms with van der Waals surface area (Å²) in [6, 6.07) is 17.3. The molecule has 0 amide bonds. The third kappa shape index (κ3) is 6.41. The van der Waals surface area contributed by atoms with Crippen LogP contribution >= 0.6 is 35.1 Å². The Labute approximate surface area is 241 Å². The number of halogens is 2. The predicted octanol–water partition coefficient (Wildman–Crippen LogP) is 7.59. The Balaban J connectivity index is 1.49. The quantitative estimate of drug-likeness (QED) is 0.146. The van der Waals surface area contributed by atoms with Crippen LogP contribution in [0.1, 0.15) is 20.8 Å². The molecule has 0 aliphatic heterocycles. The Morgan fingerprint density at radius 1 is 0.974 bits per heavy atom. The van der Waals surface area contributed by atoms with E-state index in [0.29, 0.717) is 10.0 Å². The maximum absolute atomic E-state index is 12.8. The Kier molecular flexibility index (Phi) is 7.62. The third-order valence-electron chi connectivity index (χ3n) is 5.78. The second-order valence-corrected chi connectivity index (χ2v) is 12.0. The highest BCUT2D eigenvalue weighted by atomic mass is 35.5. The zero-order valence-electron chi connectivity index (χ0n) is 21.9. The maximum Gasteiger partial charge on any atom is 0.327 e. The summed E-state index contributed by atoms with van der Waals surface area (Å²) in [7, 11) is 1.97. The average Bonchev–Trinajstić information content (AvgIpc) is 3.47. The molecule has 0 saturated heterocycles. The number of pyridine rings is 1. The van der Waals surface area contributed by atoms with Crippen LogP contribution in [0.15, 0.2) is 84.3 Å². The van der Waals surface area contributed by atoms with E-state index in [4.69, 9.17) is 27.9 Å². The van der Waals surface area contributed by atoms with Gasteiger partial charge in [-0.3, -0.25) is 4.79 Å². The van der Waals surface area contributed by atoms with Gasteiger partial charge in [-0.1, -0.05) is 23.2 Å². The van der Waals surface area contributed by atoms with Crippen molar-refractivity contribution in [3.05, 3.63) is 89.4 Å². The molecule has 0 bridgehead atoms. The molecule has 0 atom stereocenters. The molecule has 10 heteroatoms. The average molecular weight is 581 g/mol. The normalized spacial score (nSPS) is 11.6. The number of nitrogens with zero attached hydrogens (tertiary/aromatic N) is 5. The Hall–Kier alpha value is -3.46. The van der Waals surface area contributed by atoms with Crippen molar-refractivity contribution in [1.82, 2.24) is 19.1 Å². The van der Waals surface area contributed by atoms with Gasteiger partial charge in [0, 0.05) is 63.4 Å². The molecule has 0 aliphatic carbocycles. The number of ether oxygens (including phenoxy) is 1. The van der Waals surface area contributed by atoms with Gasteiger partial charge in [-0.05, 0) is 87.3 Å². The van der Waals surface area contributed by atoms with Gasteiger partial charge in [-0.25, -0.2) is 9.97 Å². The van der Waals surface area contributed by atoms with E-state index in [0.717, 1.165) is 38.7 Å². The van der Waals surface area contributed by atoms with Gasteiger partial charge < -0.3 is 18.2 Å². The number of carbonyl (C=O) groups excluding carboxylic acids is 1. The van der Waals surface area contributed by atoms with Gasteiger partial charge in [0.25, 0.3) is 0 Å². The number of anilines is 1. The lowest BCUT2D eigenvalue weighted by atomic mass is 10.2. The molecule has 3 aromatic heterocycles. The van der Waals surface area contributed by atoms with Crippen molar-refractivity contribution in [1.29, 1.82) is 0 Å². The fourth-order valence-corrected chi connectivity index (χ4v) is 5.85. The van der Waals surface area contributed by atoms with E-state index >= 15 is 0 Å². The van der Waals surface area contributed by atoms with Gasteiger partial charge in [0.15, 0.2) is 0 Å². The number of aromatic nitrogens is 4. The molecular formula is C29H27Cl2N5O2S. The van der Waals surface area contributed by atoms with Crippen molar-refractivity contribution < 1.29 is 9.53 Å². The molecule has 0 radical (unpaired) electrons. The molecule has 2 aromatic carbocycles. The molecule has 7 nitrogen and oxygen atoms in total. The second-order valence-electron chi connectivity index (χ2n) is 10.0. The number of fused-ring (bicyclic) bond motifs is 1. The SMILES string of the molecule is Cn1ccnc1-c1ccnc(-n2ccc3cc(N(CC(=O)OC(C)(C)C)Sc4cc(Cl)cc(Cl)c4)ccc32)c1. The van der Waals surface area contributed by atoms with Crippen LogP contribution in [0.4, 0.5) is 5.69 Å². The van der Waals surface area contributed by atoms with E-state index in [2.05, 4.69) is 9.97 Å². The molecule has 39 heavy (non-hydrogen) atoms. The molecule has 5 rings (SSSR count). The molecule has 0 fully saturated rings. The monoisotopic (exact) mass is 579 g/mol. The zero-order chi connectivity index (χ0) is 27.7. The van der Waals surface area contributed by atoms with Crippen LogP contribution in [-0.2, 0) is 16.6 Å². The molecule has 0 aliphatic rings. The summed E-state index contributed by atoms with van der Waals surface area (Å²) in [6.45, 7) is 5.59. The first-order valence-corrected chi connectivity index (χ1v) is 13.8. The number of rotatable bonds is 7. The van der Waals surface area contributed by atoms with Gasteiger partial charge in [-0.15, -0.1) is 0 Å². The summed E-state index contributed by atoms with van der Waals surface area (Å²) in [5.41, 5.74) is 2.20. The topological polar surface area (TPSA) is 65.2 Å². The summed E-state index contributed by atoms with van der Waals surface area (Å²) in [5, 5.41) is 2.04. The number of hydrogen-bond acceptors (Lipinski definition) is 6. The van der Waals surface area contributed by atoms with E-state index in [1.807, 2.05) is 102 Å². The first-order chi connectivity index (χ1) is 18.6. The van der Waals surface area contributed by atoms with E-state index in [1.54, 1.807) is 18.5 Å². The highest BCUT2D eigenvalue weighted by molar-refractivity contribution is 8.00. The largest absolute Gasteiger partial charge is 0.459 e. The smallest absolute Gasteiger partial charge is 0.327 e. The minimum atomic E-state index is -0.593. The van der Waals surface area contributed by atoms with Crippen LogP contribution in [0.2, 0.25) is 10.0 Å². The van der Waals surface area contributed by atoms with Crippen LogP contribution in [0.3, 0.4) is 0 Å². The van der Waals surface area contributed by atoms with Crippen molar-refractivity contribution in [3.8, 4) is 17.2 Å². The molecule has 0 N–H and O–H groups in total. The fraction of sp³-hybridized carbons (Fsp3) is 0.207. The molecule has 0 unspecified atom stereocenters. The maximum atomic E-state index is 12.8. The van der Waals surface area contributed by atoms with Crippen LogP contribution in [0, 0.1) is 0 Å². The highest BCUT2D eigenvalue weighted by Crippen LogP contribution is 2.35. The van der Waals surface area contributed by atoms with Crippen LogP contribution in [0.5, 0.6) is 0 Å². The minimum Gasteiger partial charge on any atom is -0.459 e. The Morgan fingerprint density at radius 3 is 2.44 bits per heavy atom. The molecule has 200 valence electrons. The summed E-state index contributed by atoms with van der Waals surface area (Å²) in [4.78, 5) is 22.7. The lowest BCUT2D eigenvalue weighted by Gasteiger charge is -2.26. The van der Waals surface area contributed by atoms with Crippen LogP contribution < -0.4 is 4.31 Å². The molecule has 0 saturated carbocycles. The first kappa shape index (κ1) is 27.1. The molecule has 3 heterocycles. The van der Waals surface area contributed by atoms with Gasteiger partial charge in [0.1, 0.15) is 23.8 Å². The lowest BCUT2D eigenvalue weighted by Crippen LogP contribution is -2.31. The van der Waals surface area contributed by atoms with E-state index in [1.165, 1.54) is 11.9 Å². The lowest BCUT2D eigenvalue weighted by molar-refractivity contribution is -0.152. The molecular weight excluding hydrogens is 553 g/mol. The van der Waals surface area contributed by atoms with E-state index in [-0.39, 0.29) is 12.5 Å². The molecule has 0 spiro atoms. The van der Waals surface area contributed by atoms with Gasteiger partial charge in [0.2, 0.25) is 0 Å². The fourth-order valence-electron chi connectivity index (χ4n) is 4.19. The number of hydrogen-bond donors (Lipinski definition) is 0. The van der Waals surface area contributed by atoms with Gasteiger partial charge in [0.05, 0.1) is 5.52 Å². The Morgan fingerprint density at radius 2 is 1.74 bits per heavy atom. The number of esters is 1. The molecule has 5 aromatic rings.